The Kier molecular flexibility index (Phi) is 4.72. The highest BCUT2D eigenvalue weighted by Crippen LogP contribution is 2.27. The van der Waals surface area contributed by atoms with E-state index in [-0.39, 0.29) is 0 Å². The number of benzene rings is 2. The quantitative estimate of drug-likeness (QED) is 0.823. The molecule has 0 amide bonds. The Morgan fingerprint density at radius 3 is 2.62 bits per heavy atom. The molecule has 1 N–H and O–H groups in total. The first-order valence-electron chi connectivity index (χ1n) is 8.19. The van der Waals surface area contributed by atoms with Gasteiger partial charge in [0.1, 0.15) is 0 Å². The molecule has 0 bridgehead atoms. The molecule has 0 aromatic heterocycles. The first kappa shape index (κ1) is 14.3. The van der Waals surface area contributed by atoms with Crippen molar-refractivity contribution in [2.24, 2.45) is 0 Å². The lowest BCUT2D eigenvalue weighted by Gasteiger charge is -2.18. The summed E-state index contributed by atoms with van der Waals surface area (Å²) in [4.78, 5) is 0. The summed E-state index contributed by atoms with van der Waals surface area (Å²) in [5, 5.41) is 3.50. The monoisotopic (exact) mass is 279 g/mol. The first-order valence-corrected chi connectivity index (χ1v) is 8.19. The summed E-state index contributed by atoms with van der Waals surface area (Å²) in [7, 11) is 2.08. The lowest BCUT2D eigenvalue weighted by molar-refractivity contribution is 0.527. The fourth-order valence-corrected chi connectivity index (χ4v) is 3.44. The van der Waals surface area contributed by atoms with Crippen LogP contribution in [0, 0.1) is 0 Å². The van der Waals surface area contributed by atoms with Gasteiger partial charge >= 0.3 is 0 Å². The van der Waals surface area contributed by atoms with Crippen molar-refractivity contribution >= 4 is 0 Å². The minimum atomic E-state index is 0.486. The van der Waals surface area contributed by atoms with Gasteiger partial charge in [-0.05, 0) is 67.8 Å². The summed E-state index contributed by atoms with van der Waals surface area (Å²) in [6, 6.07) is 18.4. The smallest absolute Gasteiger partial charge is 0.0317 e. The predicted octanol–water partition coefficient (Wildman–Crippen LogP) is 4.46. The molecule has 0 fully saturated rings. The Balaban J connectivity index is 1.60. The van der Waals surface area contributed by atoms with E-state index < -0.39 is 0 Å². The largest absolute Gasteiger partial charge is 0.313 e. The Bertz CT molecular complexity index is 574. The van der Waals surface area contributed by atoms with Gasteiger partial charge in [0.05, 0.1) is 0 Å². The van der Waals surface area contributed by atoms with E-state index in [0.29, 0.717) is 6.04 Å². The Labute approximate surface area is 128 Å². The van der Waals surface area contributed by atoms with Crippen molar-refractivity contribution in [3.63, 3.8) is 0 Å². The Morgan fingerprint density at radius 1 is 1.00 bits per heavy atom. The third-order valence-electron chi connectivity index (χ3n) is 4.67. The molecule has 21 heavy (non-hydrogen) atoms. The van der Waals surface area contributed by atoms with Gasteiger partial charge in [-0.1, -0.05) is 48.5 Å². The van der Waals surface area contributed by atoms with Gasteiger partial charge in [0.25, 0.3) is 0 Å². The minimum Gasteiger partial charge on any atom is -0.313 e. The molecule has 1 aliphatic rings. The highest BCUT2D eigenvalue weighted by molar-refractivity contribution is 5.36. The van der Waals surface area contributed by atoms with Crippen LogP contribution in [0.5, 0.6) is 0 Å². The Morgan fingerprint density at radius 2 is 1.81 bits per heavy atom. The van der Waals surface area contributed by atoms with E-state index in [2.05, 4.69) is 60.9 Å². The molecule has 110 valence electrons. The molecule has 0 saturated carbocycles. The third-order valence-corrected chi connectivity index (χ3v) is 4.67. The van der Waals surface area contributed by atoms with Crippen LogP contribution in [0.3, 0.4) is 0 Å². The molecule has 1 heteroatoms. The van der Waals surface area contributed by atoms with Crippen molar-refractivity contribution in [1.82, 2.24) is 5.32 Å². The van der Waals surface area contributed by atoms with Gasteiger partial charge in [0.15, 0.2) is 0 Å². The summed E-state index contributed by atoms with van der Waals surface area (Å²) < 4.78 is 0. The third kappa shape index (κ3) is 3.54. The highest BCUT2D eigenvalue weighted by Gasteiger charge is 2.14. The summed E-state index contributed by atoms with van der Waals surface area (Å²) in [6.45, 7) is 0. The van der Waals surface area contributed by atoms with Crippen molar-refractivity contribution in [3.05, 3.63) is 70.8 Å². The zero-order chi connectivity index (χ0) is 14.5. The van der Waals surface area contributed by atoms with E-state index in [9.17, 15) is 0 Å². The second-order valence-corrected chi connectivity index (χ2v) is 6.10. The van der Waals surface area contributed by atoms with Crippen molar-refractivity contribution in [3.8, 4) is 0 Å². The van der Waals surface area contributed by atoms with Crippen LogP contribution in [0.15, 0.2) is 48.5 Å². The van der Waals surface area contributed by atoms with Gasteiger partial charge in [0, 0.05) is 6.04 Å². The number of nitrogens with one attached hydrogen (secondary N) is 1. The lowest BCUT2D eigenvalue weighted by Crippen LogP contribution is -2.16. The molecule has 0 aliphatic heterocycles. The molecular weight excluding hydrogens is 254 g/mol. The van der Waals surface area contributed by atoms with Gasteiger partial charge < -0.3 is 5.32 Å². The minimum absolute atomic E-state index is 0.486. The first-order chi connectivity index (χ1) is 10.4. The molecule has 0 saturated heterocycles. The lowest BCUT2D eigenvalue weighted by atomic mass is 9.96. The van der Waals surface area contributed by atoms with E-state index in [1.807, 2.05) is 0 Å². The van der Waals surface area contributed by atoms with Crippen LogP contribution in [-0.2, 0) is 19.3 Å². The van der Waals surface area contributed by atoms with Crippen LogP contribution < -0.4 is 5.32 Å². The van der Waals surface area contributed by atoms with Crippen LogP contribution in [0.2, 0.25) is 0 Å². The maximum atomic E-state index is 3.50. The number of fused-ring (bicyclic) bond motifs is 1. The Hall–Kier alpha value is -1.60. The van der Waals surface area contributed by atoms with Gasteiger partial charge in [0.2, 0.25) is 0 Å². The van der Waals surface area contributed by atoms with Crippen LogP contribution in [-0.4, -0.2) is 7.05 Å². The maximum Gasteiger partial charge on any atom is 0.0317 e. The van der Waals surface area contributed by atoms with E-state index >= 15 is 0 Å². The van der Waals surface area contributed by atoms with E-state index in [4.69, 9.17) is 0 Å². The average Bonchev–Trinajstić information content (AvgIpc) is 3.00. The van der Waals surface area contributed by atoms with Crippen molar-refractivity contribution in [2.75, 3.05) is 7.05 Å². The fourth-order valence-electron chi connectivity index (χ4n) is 3.44. The van der Waals surface area contributed by atoms with Crippen molar-refractivity contribution in [1.29, 1.82) is 0 Å². The molecule has 0 radical (unpaired) electrons. The zero-order valence-electron chi connectivity index (χ0n) is 12.9. The fraction of sp³-hybridized carbons (Fsp3) is 0.400. The van der Waals surface area contributed by atoms with Crippen LogP contribution in [0.4, 0.5) is 0 Å². The second-order valence-electron chi connectivity index (χ2n) is 6.10. The van der Waals surface area contributed by atoms with E-state index in [1.54, 1.807) is 11.1 Å². The van der Waals surface area contributed by atoms with Crippen molar-refractivity contribution < 1.29 is 0 Å². The number of rotatable bonds is 6. The summed E-state index contributed by atoms with van der Waals surface area (Å²) in [5.74, 6) is 0. The second kappa shape index (κ2) is 6.91. The number of hydrogen-bond acceptors (Lipinski definition) is 1. The maximum absolute atomic E-state index is 3.50. The summed E-state index contributed by atoms with van der Waals surface area (Å²) >= 11 is 0. The predicted molar refractivity (Wildman–Crippen MR) is 89.6 cm³/mol. The van der Waals surface area contributed by atoms with Crippen LogP contribution in [0.25, 0.3) is 0 Å². The molecule has 1 unspecified atom stereocenters. The molecule has 1 aliphatic carbocycles. The number of aryl methyl sites for hydroxylation is 3. The van der Waals surface area contributed by atoms with Crippen molar-refractivity contribution in [2.45, 2.75) is 44.6 Å². The van der Waals surface area contributed by atoms with Crippen LogP contribution >= 0.6 is 0 Å². The van der Waals surface area contributed by atoms with Crippen LogP contribution in [0.1, 0.15) is 47.6 Å². The van der Waals surface area contributed by atoms with E-state index in [0.717, 1.165) is 0 Å². The zero-order valence-corrected chi connectivity index (χ0v) is 12.9. The molecule has 1 nitrogen and oxygen atoms in total. The average molecular weight is 279 g/mol. The standard InChI is InChI=1S/C20H25N/c1-21-20(12-5-9-16-7-3-2-4-8-16)19-14-13-17-10-6-11-18(17)15-19/h2-4,7-8,13-15,20-21H,5-6,9-12H2,1H3. The number of hydrogen-bond donors (Lipinski definition) is 1. The van der Waals surface area contributed by atoms with Gasteiger partial charge in [-0.3, -0.25) is 0 Å². The molecule has 1 atom stereocenters. The topological polar surface area (TPSA) is 12.0 Å². The molecule has 0 spiro atoms. The van der Waals surface area contributed by atoms with Gasteiger partial charge in [-0.2, -0.15) is 0 Å². The molecule has 2 aromatic rings. The summed E-state index contributed by atoms with van der Waals surface area (Å²) in [6.07, 6.45) is 7.47. The molecule has 3 rings (SSSR count). The van der Waals surface area contributed by atoms with Gasteiger partial charge in [-0.15, -0.1) is 0 Å². The van der Waals surface area contributed by atoms with Gasteiger partial charge in [-0.25, -0.2) is 0 Å². The van der Waals surface area contributed by atoms with E-state index in [1.165, 1.54) is 49.7 Å². The molecular formula is C20H25N. The normalized spacial score (nSPS) is 14.9. The highest BCUT2D eigenvalue weighted by atomic mass is 14.9. The molecule has 2 aromatic carbocycles. The SMILES string of the molecule is CNC(CCCc1ccccc1)c1ccc2c(c1)CCC2. The summed E-state index contributed by atoms with van der Waals surface area (Å²) in [5.41, 5.74) is 6.06. The molecule has 0 heterocycles.